The predicted octanol–water partition coefficient (Wildman–Crippen LogP) is 3.50. The first-order chi connectivity index (χ1) is 6.04. The fraction of sp³-hybridized carbons (Fsp3) is 0.222. The summed E-state index contributed by atoms with van der Waals surface area (Å²) < 4.78 is 0. The van der Waals surface area contributed by atoms with Crippen LogP contribution in [0, 0.1) is 0 Å². The van der Waals surface area contributed by atoms with E-state index in [0.29, 0.717) is 15.5 Å². The van der Waals surface area contributed by atoms with Gasteiger partial charge in [0.15, 0.2) is 5.78 Å². The fourth-order valence-electron chi connectivity index (χ4n) is 0.952. The SMILES string of the molecule is CC(=O)C(Cl)c1cccc(S)c1Cl. The molecule has 1 nitrogen and oxygen atoms in total. The molecule has 0 fully saturated rings. The van der Waals surface area contributed by atoms with Crippen LogP contribution in [0.2, 0.25) is 5.02 Å². The van der Waals surface area contributed by atoms with Crippen LogP contribution in [0.3, 0.4) is 0 Å². The van der Waals surface area contributed by atoms with E-state index in [1.54, 1.807) is 18.2 Å². The maximum Gasteiger partial charge on any atom is 0.152 e. The molecule has 4 heteroatoms. The van der Waals surface area contributed by atoms with Crippen molar-refractivity contribution >= 4 is 41.6 Å². The summed E-state index contributed by atoms with van der Waals surface area (Å²) in [5, 5.41) is -0.236. The molecule has 13 heavy (non-hydrogen) atoms. The summed E-state index contributed by atoms with van der Waals surface area (Å²) in [5.74, 6) is -0.123. The van der Waals surface area contributed by atoms with Gasteiger partial charge in [-0.05, 0) is 18.6 Å². The Hall–Kier alpha value is -0.180. The summed E-state index contributed by atoms with van der Waals surface area (Å²) >= 11 is 15.9. The van der Waals surface area contributed by atoms with E-state index in [4.69, 9.17) is 23.2 Å². The summed E-state index contributed by atoms with van der Waals surface area (Å²) in [6, 6.07) is 5.24. The molecule has 1 rings (SSSR count). The van der Waals surface area contributed by atoms with Gasteiger partial charge in [0, 0.05) is 4.90 Å². The van der Waals surface area contributed by atoms with E-state index in [0.717, 1.165) is 0 Å². The van der Waals surface area contributed by atoms with Crippen molar-refractivity contribution in [2.45, 2.75) is 17.2 Å². The highest BCUT2D eigenvalue weighted by Gasteiger charge is 2.16. The molecule has 0 saturated carbocycles. The zero-order valence-electron chi connectivity index (χ0n) is 6.92. The maximum atomic E-state index is 11.0. The van der Waals surface area contributed by atoms with Gasteiger partial charge < -0.3 is 0 Å². The Labute approximate surface area is 92.4 Å². The molecule has 0 aliphatic carbocycles. The van der Waals surface area contributed by atoms with Crippen LogP contribution < -0.4 is 0 Å². The van der Waals surface area contributed by atoms with Crippen LogP contribution in [-0.2, 0) is 4.79 Å². The molecule has 1 unspecified atom stereocenters. The van der Waals surface area contributed by atoms with Gasteiger partial charge in [-0.25, -0.2) is 0 Å². The summed E-state index contributed by atoms with van der Waals surface area (Å²) in [7, 11) is 0. The minimum Gasteiger partial charge on any atom is -0.298 e. The first kappa shape index (κ1) is 10.9. The van der Waals surface area contributed by atoms with E-state index < -0.39 is 5.38 Å². The van der Waals surface area contributed by atoms with Crippen molar-refractivity contribution in [3.8, 4) is 0 Å². The van der Waals surface area contributed by atoms with E-state index in [1.165, 1.54) is 6.92 Å². The van der Waals surface area contributed by atoms with Gasteiger partial charge in [-0.1, -0.05) is 23.7 Å². The molecule has 0 heterocycles. The number of hydrogen-bond acceptors (Lipinski definition) is 2. The van der Waals surface area contributed by atoms with Crippen molar-refractivity contribution in [2.24, 2.45) is 0 Å². The third kappa shape index (κ3) is 2.39. The molecule has 0 N–H and O–H groups in total. The van der Waals surface area contributed by atoms with Gasteiger partial charge in [0.2, 0.25) is 0 Å². The van der Waals surface area contributed by atoms with E-state index in [1.807, 2.05) is 0 Å². The summed E-state index contributed by atoms with van der Waals surface area (Å²) in [6.45, 7) is 1.43. The number of carbonyl (C=O) groups is 1. The second-order valence-electron chi connectivity index (χ2n) is 2.65. The molecular weight excluding hydrogens is 227 g/mol. The van der Waals surface area contributed by atoms with Crippen LogP contribution in [0.4, 0.5) is 0 Å². The zero-order chi connectivity index (χ0) is 10.0. The average molecular weight is 235 g/mol. The molecule has 0 saturated heterocycles. The molecule has 0 spiro atoms. The third-order valence-corrected chi connectivity index (χ3v) is 3.11. The number of hydrogen-bond donors (Lipinski definition) is 1. The molecular formula is C9H8Cl2OS. The number of halogens is 2. The fourth-order valence-corrected chi connectivity index (χ4v) is 1.64. The lowest BCUT2D eigenvalue weighted by atomic mass is 10.1. The quantitative estimate of drug-likeness (QED) is 0.613. The van der Waals surface area contributed by atoms with Gasteiger partial charge in [-0.2, -0.15) is 0 Å². The number of benzene rings is 1. The Kier molecular flexibility index (Phi) is 3.65. The topological polar surface area (TPSA) is 17.1 Å². The van der Waals surface area contributed by atoms with Crippen LogP contribution in [0.15, 0.2) is 23.1 Å². The number of ketones is 1. The molecule has 70 valence electrons. The van der Waals surface area contributed by atoms with Crippen molar-refractivity contribution < 1.29 is 4.79 Å². The highest BCUT2D eigenvalue weighted by Crippen LogP contribution is 2.32. The molecule has 0 aliphatic heterocycles. The molecule has 0 aliphatic rings. The molecule has 1 atom stereocenters. The van der Waals surface area contributed by atoms with Crippen LogP contribution in [0.25, 0.3) is 0 Å². The van der Waals surface area contributed by atoms with Gasteiger partial charge in [0.1, 0.15) is 5.38 Å². The van der Waals surface area contributed by atoms with Gasteiger partial charge in [0.25, 0.3) is 0 Å². The number of thiol groups is 1. The van der Waals surface area contributed by atoms with Crippen molar-refractivity contribution in [1.29, 1.82) is 0 Å². The predicted molar refractivity (Wildman–Crippen MR) is 58.0 cm³/mol. The summed E-state index contributed by atoms with van der Waals surface area (Å²) in [4.78, 5) is 11.6. The number of alkyl halides is 1. The first-order valence-corrected chi connectivity index (χ1v) is 4.92. The van der Waals surface area contributed by atoms with Crippen molar-refractivity contribution in [1.82, 2.24) is 0 Å². The van der Waals surface area contributed by atoms with Crippen LogP contribution in [0.5, 0.6) is 0 Å². The highest BCUT2D eigenvalue weighted by atomic mass is 35.5. The van der Waals surface area contributed by atoms with Gasteiger partial charge in [-0.15, -0.1) is 24.2 Å². The number of Topliss-reactive ketones (excluding diaryl/α,β-unsaturated/α-hetero) is 1. The average Bonchev–Trinajstić information content (AvgIpc) is 2.08. The minimum absolute atomic E-state index is 0.123. The zero-order valence-corrected chi connectivity index (χ0v) is 9.33. The van der Waals surface area contributed by atoms with E-state index >= 15 is 0 Å². The molecule has 0 aromatic heterocycles. The highest BCUT2D eigenvalue weighted by molar-refractivity contribution is 7.80. The van der Waals surface area contributed by atoms with E-state index in [9.17, 15) is 4.79 Å². The number of rotatable bonds is 2. The molecule has 0 bridgehead atoms. The molecule has 0 amide bonds. The Morgan fingerprint density at radius 2 is 2.15 bits per heavy atom. The standard InChI is InChI=1S/C9H8Cl2OS/c1-5(12)8(10)6-3-2-4-7(13)9(6)11/h2-4,8,13H,1H3. The maximum absolute atomic E-state index is 11.0. The summed E-state index contributed by atoms with van der Waals surface area (Å²) in [6.07, 6.45) is 0. The lowest BCUT2D eigenvalue weighted by Crippen LogP contribution is -2.02. The van der Waals surface area contributed by atoms with Gasteiger partial charge in [-0.3, -0.25) is 4.79 Å². The van der Waals surface area contributed by atoms with Gasteiger partial charge >= 0.3 is 0 Å². The van der Waals surface area contributed by atoms with E-state index in [2.05, 4.69) is 12.6 Å². The molecule has 1 aromatic carbocycles. The Balaban J connectivity index is 3.15. The van der Waals surface area contributed by atoms with E-state index in [-0.39, 0.29) is 5.78 Å². The van der Waals surface area contributed by atoms with Gasteiger partial charge in [0.05, 0.1) is 5.02 Å². The Morgan fingerprint density at radius 1 is 1.54 bits per heavy atom. The second-order valence-corrected chi connectivity index (χ2v) is 3.95. The Bertz CT molecular complexity index is 338. The smallest absolute Gasteiger partial charge is 0.152 e. The van der Waals surface area contributed by atoms with Crippen LogP contribution >= 0.6 is 35.8 Å². The van der Waals surface area contributed by atoms with Crippen molar-refractivity contribution in [3.05, 3.63) is 28.8 Å². The van der Waals surface area contributed by atoms with Crippen molar-refractivity contribution in [2.75, 3.05) is 0 Å². The summed E-state index contributed by atoms with van der Waals surface area (Å²) in [5.41, 5.74) is 0.614. The number of carbonyl (C=O) groups excluding carboxylic acids is 1. The lowest BCUT2D eigenvalue weighted by Gasteiger charge is -2.09. The molecule has 1 aromatic rings. The molecule has 0 radical (unpaired) electrons. The monoisotopic (exact) mass is 234 g/mol. The van der Waals surface area contributed by atoms with Crippen LogP contribution in [0.1, 0.15) is 17.9 Å². The largest absolute Gasteiger partial charge is 0.298 e. The normalized spacial score (nSPS) is 12.6. The lowest BCUT2D eigenvalue weighted by molar-refractivity contribution is -0.116. The first-order valence-electron chi connectivity index (χ1n) is 3.66. The minimum atomic E-state index is -0.681. The Morgan fingerprint density at radius 3 is 2.69 bits per heavy atom. The third-order valence-electron chi connectivity index (χ3n) is 1.64. The van der Waals surface area contributed by atoms with Crippen molar-refractivity contribution in [3.63, 3.8) is 0 Å². The second kappa shape index (κ2) is 4.36. The van der Waals surface area contributed by atoms with Crippen LogP contribution in [-0.4, -0.2) is 5.78 Å².